The zero-order chi connectivity index (χ0) is 14.4. The van der Waals surface area contributed by atoms with Gasteiger partial charge in [-0.05, 0) is 24.3 Å². The summed E-state index contributed by atoms with van der Waals surface area (Å²) >= 11 is 1.17. The topological polar surface area (TPSA) is 57.6 Å². The molecule has 1 saturated heterocycles. The number of hydrogen-bond donors (Lipinski definition) is 1. The van der Waals surface area contributed by atoms with Crippen molar-refractivity contribution in [3.05, 3.63) is 35.9 Å². The summed E-state index contributed by atoms with van der Waals surface area (Å²) in [4.78, 5) is 24.2. The molecule has 20 heavy (non-hydrogen) atoms. The predicted octanol–water partition coefficient (Wildman–Crippen LogP) is 1.90. The van der Waals surface area contributed by atoms with Crippen LogP contribution in [-0.4, -0.2) is 46.5 Å². The third-order valence-corrected chi connectivity index (χ3v) is 4.36. The second-order valence-corrected chi connectivity index (χ2v) is 6.06. The van der Waals surface area contributed by atoms with E-state index in [1.807, 2.05) is 23.1 Å². The Kier molecular flexibility index (Phi) is 5.47. The van der Waals surface area contributed by atoms with Crippen LogP contribution < -0.4 is 0 Å². The fraction of sp³-hybridized carbons (Fsp3) is 0.467. The molecule has 1 amide bonds. The normalized spacial score (nSPS) is 18.2. The molecular weight excluding hydrogens is 274 g/mol. The Morgan fingerprint density at radius 1 is 1.25 bits per heavy atom. The van der Waals surface area contributed by atoms with E-state index in [4.69, 9.17) is 5.11 Å². The smallest absolute Gasteiger partial charge is 0.313 e. The zero-order valence-electron chi connectivity index (χ0n) is 11.3. The molecule has 1 fully saturated rings. The summed E-state index contributed by atoms with van der Waals surface area (Å²) in [5, 5.41) is 8.55. The Bertz CT molecular complexity index is 463. The SMILES string of the molecule is O=C(O)CSCC(=O)N1CCC(Cc2ccccc2)C1. The van der Waals surface area contributed by atoms with Crippen molar-refractivity contribution < 1.29 is 14.7 Å². The summed E-state index contributed by atoms with van der Waals surface area (Å²) in [6.07, 6.45) is 2.04. The van der Waals surface area contributed by atoms with Crippen LogP contribution in [-0.2, 0) is 16.0 Å². The van der Waals surface area contributed by atoms with Gasteiger partial charge in [0.15, 0.2) is 0 Å². The minimum Gasteiger partial charge on any atom is -0.481 e. The first-order valence-electron chi connectivity index (χ1n) is 6.76. The second-order valence-electron chi connectivity index (χ2n) is 5.07. The molecule has 5 heteroatoms. The molecule has 0 spiro atoms. The maximum atomic E-state index is 11.9. The summed E-state index contributed by atoms with van der Waals surface area (Å²) in [5.41, 5.74) is 1.31. The van der Waals surface area contributed by atoms with E-state index in [-0.39, 0.29) is 17.4 Å². The van der Waals surface area contributed by atoms with Gasteiger partial charge in [0, 0.05) is 13.1 Å². The Morgan fingerprint density at radius 2 is 2.00 bits per heavy atom. The highest BCUT2D eigenvalue weighted by atomic mass is 32.2. The molecule has 0 aromatic heterocycles. The molecule has 0 bridgehead atoms. The maximum Gasteiger partial charge on any atom is 0.313 e. The van der Waals surface area contributed by atoms with Crippen molar-refractivity contribution in [2.45, 2.75) is 12.8 Å². The van der Waals surface area contributed by atoms with Gasteiger partial charge in [-0.1, -0.05) is 30.3 Å². The van der Waals surface area contributed by atoms with E-state index in [9.17, 15) is 9.59 Å². The van der Waals surface area contributed by atoms with Crippen molar-refractivity contribution >= 4 is 23.6 Å². The molecule has 1 heterocycles. The molecule has 1 N–H and O–H groups in total. The van der Waals surface area contributed by atoms with E-state index in [1.54, 1.807) is 0 Å². The van der Waals surface area contributed by atoms with Crippen molar-refractivity contribution in [1.82, 2.24) is 4.90 Å². The fourth-order valence-corrected chi connectivity index (χ4v) is 3.12. The lowest BCUT2D eigenvalue weighted by molar-refractivity contribution is -0.133. The Hall–Kier alpha value is -1.49. The van der Waals surface area contributed by atoms with E-state index in [0.717, 1.165) is 25.9 Å². The molecule has 108 valence electrons. The lowest BCUT2D eigenvalue weighted by Crippen LogP contribution is -2.30. The number of carboxylic acids is 1. The molecule has 2 rings (SSSR count). The summed E-state index contributed by atoms with van der Waals surface area (Å²) < 4.78 is 0. The van der Waals surface area contributed by atoms with E-state index in [0.29, 0.717) is 5.92 Å². The quantitative estimate of drug-likeness (QED) is 0.870. The van der Waals surface area contributed by atoms with Gasteiger partial charge < -0.3 is 10.0 Å². The van der Waals surface area contributed by atoms with Crippen molar-refractivity contribution in [3.63, 3.8) is 0 Å². The highest BCUT2D eigenvalue weighted by Gasteiger charge is 2.26. The minimum absolute atomic E-state index is 0.00692. The van der Waals surface area contributed by atoms with Crippen LogP contribution in [0.1, 0.15) is 12.0 Å². The van der Waals surface area contributed by atoms with Gasteiger partial charge in [-0.2, -0.15) is 0 Å². The number of thioether (sulfide) groups is 1. The first kappa shape index (κ1) is 14.9. The number of benzene rings is 1. The van der Waals surface area contributed by atoms with Crippen LogP contribution in [0, 0.1) is 5.92 Å². The van der Waals surface area contributed by atoms with Gasteiger partial charge in [0.1, 0.15) is 0 Å². The number of carbonyl (C=O) groups is 2. The number of amides is 1. The van der Waals surface area contributed by atoms with Crippen molar-refractivity contribution in [1.29, 1.82) is 0 Å². The van der Waals surface area contributed by atoms with Crippen molar-refractivity contribution in [2.75, 3.05) is 24.6 Å². The van der Waals surface area contributed by atoms with Gasteiger partial charge >= 0.3 is 5.97 Å². The third kappa shape index (κ3) is 4.56. The Labute approximate surface area is 123 Å². The van der Waals surface area contributed by atoms with Crippen LogP contribution in [0.15, 0.2) is 30.3 Å². The first-order valence-corrected chi connectivity index (χ1v) is 7.92. The molecule has 1 aliphatic heterocycles. The van der Waals surface area contributed by atoms with E-state index >= 15 is 0 Å². The highest BCUT2D eigenvalue weighted by Crippen LogP contribution is 2.21. The van der Waals surface area contributed by atoms with E-state index < -0.39 is 5.97 Å². The minimum atomic E-state index is -0.869. The van der Waals surface area contributed by atoms with Crippen molar-refractivity contribution in [2.24, 2.45) is 5.92 Å². The van der Waals surface area contributed by atoms with Gasteiger partial charge in [0.25, 0.3) is 0 Å². The Morgan fingerprint density at radius 3 is 2.70 bits per heavy atom. The largest absolute Gasteiger partial charge is 0.481 e. The number of carbonyl (C=O) groups excluding carboxylic acids is 1. The number of likely N-dealkylation sites (tertiary alicyclic amines) is 1. The number of carboxylic acid groups (broad SMARTS) is 1. The molecule has 0 radical (unpaired) electrons. The van der Waals surface area contributed by atoms with Crippen LogP contribution in [0.25, 0.3) is 0 Å². The summed E-state index contributed by atoms with van der Waals surface area (Å²) in [5.74, 6) is -0.0268. The molecular formula is C15H19NO3S. The second kappa shape index (κ2) is 7.33. The van der Waals surface area contributed by atoms with Crippen LogP contribution in [0.4, 0.5) is 0 Å². The lowest BCUT2D eigenvalue weighted by atomic mass is 9.99. The molecule has 0 saturated carbocycles. The lowest BCUT2D eigenvalue weighted by Gasteiger charge is -2.16. The number of rotatable bonds is 6. The predicted molar refractivity (Wildman–Crippen MR) is 79.8 cm³/mol. The van der Waals surface area contributed by atoms with Crippen LogP contribution in [0.5, 0.6) is 0 Å². The third-order valence-electron chi connectivity index (χ3n) is 3.46. The zero-order valence-corrected chi connectivity index (χ0v) is 12.1. The highest BCUT2D eigenvalue weighted by molar-refractivity contribution is 8.00. The molecule has 1 aromatic carbocycles. The van der Waals surface area contributed by atoms with Gasteiger partial charge in [0.2, 0.25) is 5.91 Å². The van der Waals surface area contributed by atoms with Crippen LogP contribution in [0.2, 0.25) is 0 Å². The summed E-state index contributed by atoms with van der Waals surface area (Å²) in [6.45, 7) is 1.59. The van der Waals surface area contributed by atoms with E-state index in [2.05, 4.69) is 12.1 Å². The molecule has 1 aromatic rings. The standard InChI is InChI=1S/C15H19NO3S/c17-14(10-20-11-15(18)19)16-7-6-13(9-16)8-12-4-2-1-3-5-12/h1-5,13H,6-11H2,(H,18,19). The number of nitrogens with zero attached hydrogens (tertiary/aromatic N) is 1. The molecule has 1 unspecified atom stereocenters. The average Bonchev–Trinajstić information content (AvgIpc) is 2.88. The number of hydrogen-bond acceptors (Lipinski definition) is 3. The van der Waals surface area contributed by atoms with Gasteiger partial charge in [0.05, 0.1) is 11.5 Å². The molecule has 1 aliphatic rings. The summed E-state index contributed by atoms with van der Waals surface area (Å²) in [7, 11) is 0. The molecule has 0 aliphatic carbocycles. The van der Waals surface area contributed by atoms with Crippen molar-refractivity contribution in [3.8, 4) is 0 Å². The Balaban J connectivity index is 1.74. The monoisotopic (exact) mass is 293 g/mol. The molecule has 1 atom stereocenters. The van der Waals surface area contributed by atoms with E-state index in [1.165, 1.54) is 17.3 Å². The maximum absolute atomic E-state index is 11.9. The number of aliphatic carboxylic acids is 1. The van der Waals surface area contributed by atoms with Gasteiger partial charge in [-0.3, -0.25) is 9.59 Å². The molecule has 4 nitrogen and oxygen atoms in total. The first-order chi connectivity index (χ1) is 9.65. The summed E-state index contributed by atoms with van der Waals surface area (Å²) in [6, 6.07) is 10.3. The van der Waals surface area contributed by atoms with Crippen LogP contribution >= 0.6 is 11.8 Å². The van der Waals surface area contributed by atoms with Gasteiger partial charge in [-0.25, -0.2) is 0 Å². The van der Waals surface area contributed by atoms with Gasteiger partial charge in [-0.15, -0.1) is 11.8 Å². The van der Waals surface area contributed by atoms with Crippen LogP contribution in [0.3, 0.4) is 0 Å². The average molecular weight is 293 g/mol. The fourth-order valence-electron chi connectivity index (χ4n) is 2.49.